The van der Waals surface area contributed by atoms with Gasteiger partial charge in [-0.3, -0.25) is 14.4 Å². The van der Waals surface area contributed by atoms with Gasteiger partial charge in [-0.25, -0.2) is 4.39 Å². The minimum atomic E-state index is -0.633. The van der Waals surface area contributed by atoms with Crippen LogP contribution in [0.4, 0.5) is 4.39 Å². The zero-order chi connectivity index (χ0) is 18.7. The number of thioether (sulfide) groups is 1. The maximum atomic E-state index is 13.0. The van der Waals surface area contributed by atoms with E-state index in [0.717, 1.165) is 5.56 Å². The number of nitrogens with zero attached hydrogens (tertiary/aromatic N) is 1. The third kappa shape index (κ3) is 4.17. The molecule has 1 aromatic carbocycles. The zero-order valence-electron chi connectivity index (χ0n) is 14.5. The van der Waals surface area contributed by atoms with Crippen molar-refractivity contribution in [3.8, 4) is 0 Å². The molecular weight excluding hydrogens is 357 g/mol. The molecule has 0 spiro atoms. The second-order valence-electron chi connectivity index (χ2n) is 6.66. The molecule has 3 unspecified atom stereocenters. The lowest BCUT2D eigenvalue weighted by Crippen LogP contribution is -2.67. The number of nitrogens with one attached hydrogen (secondary N) is 2. The van der Waals surface area contributed by atoms with E-state index in [2.05, 4.69) is 10.6 Å². The van der Waals surface area contributed by atoms with Crippen LogP contribution in [0.15, 0.2) is 24.3 Å². The maximum absolute atomic E-state index is 13.0. The normalized spacial score (nSPS) is 25.5. The quantitative estimate of drug-likeness (QED) is 0.790. The van der Waals surface area contributed by atoms with Crippen molar-refractivity contribution in [3.63, 3.8) is 0 Å². The average molecular weight is 379 g/mol. The van der Waals surface area contributed by atoms with Crippen molar-refractivity contribution in [2.45, 2.75) is 37.4 Å². The number of amides is 3. The highest BCUT2D eigenvalue weighted by Crippen LogP contribution is 2.23. The van der Waals surface area contributed by atoms with E-state index in [0.29, 0.717) is 31.6 Å². The van der Waals surface area contributed by atoms with Crippen molar-refractivity contribution in [2.24, 2.45) is 0 Å². The topological polar surface area (TPSA) is 78.5 Å². The van der Waals surface area contributed by atoms with E-state index in [1.807, 2.05) is 6.26 Å². The maximum Gasteiger partial charge on any atom is 0.246 e. The largest absolute Gasteiger partial charge is 0.352 e. The number of rotatable bonds is 5. The summed E-state index contributed by atoms with van der Waals surface area (Å²) in [5.74, 6) is -0.310. The minimum Gasteiger partial charge on any atom is -0.352 e. The van der Waals surface area contributed by atoms with E-state index in [1.54, 1.807) is 17.0 Å². The number of piperidine rings is 1. The number of piperazine rings is 1. The first-order valence-electron chi connectivity index (χ1n) is 8.61. The number of carbonyl (C=O) groups excluding carboxylic acids is 3. The van der Waals surface area contributed by atoms with Gasteiger partial charge in [0.05, 0.1) is 5.75 Å². The lowest BCUT2D eigenvalue weighted by atomic mass is 9.91. The summed E-state index contributed by atoms with van der Waals surface area (Å²) in [6.45, 7) is 0.445. The molecule has 0 aromatic heterocycles. The van der Waals surface area contributed by atoms with E-state index >= 15 is 0 Å². The third-order valence-corrected chi connectivity index (χ3v) is 5.35. The van der Waals surface area contributed by atoms with Crippen molar-refractivity contribution < 1.29 is 18.8 Å². The smallest absolute Gasteiger partial charge is 0.246 e. The van der Waals surface area contributed by atoms with Crippen molar-refractivity contribution in [2.75, 3.05) is 18.6 Å². The predicted molar refractivity (Wildman–Crippen MR) is 97.1 cm³/mol. The van der Waals surface area contributed by atoms with Crippen LogP contribution in [0.25, 0.3) is 0 Å². The van der Waals surface area contributed by atoms with E-state index in [1.165, 1.54) is 23.9 Å². The summed E-state index contributed by atoms with van der Waals surface area (Å²) < 4.78 is 13.0. The lowest BCUT2D eigenvalue weighted by molar-refractivity contribution is -0.151. The SMILES string of the molecule is CSCC(=O)NC1CCN2C(=O)C(Cc3ccc(F)cc3)NC(=O)C2C1. The molecule has 0 saturated carbocycles. The van der Waals surface area contributed by atoms with E-state index < -0.39 is 12.1 Å². The van der Waals surface area contributed by atoms with Crippen LogP contribution in [0.3, 0.4) is 0 Å². The Bertz CT molecular complexity index is 697. The van der Waals surface area contributed by atoms with E-state index in [-0.39, 0.29) is 29.6 Å². The zero-order valence-corrected chi connectivity index (χ0v) is 15.4. The summed E-state index contributed by atoms with van der Waals surface area (Å²) in [4.78, 5) is 38.6. The molecule has 0 aliphatic carbocycles. The van der Waals surface area contributed by atoms with Crippen LogP contribution in [-0.4, -0.2) is 59.3 Å². The van der Waals surface area contributed by atoms with Crippen LogP contribution in [0.2, 0.25) is 0 Å². The first-order valence-corrected chi connectivity index (χ1v) is 10.0. The van der Waals surface area contributed by atoms with Crippen LogP contribution in [-0.2, 0) is 20.8 Å². The third-order valence-electron chi connectivity index (χ3n) is 4.80. The first kappa shape index (κ1) is 18.7. The molecule has 2 saturated heterocycles. The fraction of sp³-hybridized carbons (Fsp3) is 0.500. The van der Waals surface area contributed by atoms with Gasteiger partial charge in [-0.1, -0.05) is 12.1 Å². The molecule has 2 N–H and O–H groups in total. The van der Waals surface area contributed by atoms with Gasteiger partial charge in [-0.2, -0.15) is 11.8 Å². The lowest BCUT2D eigenvalue weighted by Gasteiger charge is -2.44. The van der Waals surface area contributed by atoms with Crippen LogP contribution < -0.4 is 10.6 Å². The highest BCUT2D eigenvalue weighted by molar-refractivity contribution is 7.99. The van der Waals surface area contributed by atoms with E-state index in [9.17, 15) is 18.8 Å². The highest BCUT2D eigenvalue weighted by atomic mass is 32.2. The number of halogens is 1. The fourth-order valence-corrected chi connectivity index (χ4v) is 3.88. The Morgan fingerprint density at radius 3 is 2.77 bits per heavy atom. The summed E-state index contributed by atoms with van der Waals surface area (Å²) in [7, 11) is 0. The Kier molecular flexibility index (Phi) is 5.80. The fourth-order valence-electron chi connectivity index (χ4n) is 3.53. The number of hydrogen-bond acceptors (Lipinski definition) is 4. The molecule has 26 heavy (non-hydrogen) atoms. The van der Waals surface area contributed by atoms with Gasteiger partial charge in [-0.05, 0) is 36.8 Å². The van der Waals surface area contributed by atoms with Gasteiger partial charge in [0.2, 0.25) is 17.7 Å². The summed E-state index contributed by atoms with van der Waals surface area (Å²) in [6, 6.07) is 4.66. The van der Waals surface area contributed by atoms with Crippen molar-refractivity contribution >= 4 is 29.5 Å². The summed E-state index contributed by atoms with van der Waals surface area (Å²) in [6.07, 6.45) is 3.26. The van der Waals surface area contributed by atoms with Gasteiger partial charge in [0, 0.05) is 19.0 Å². The first-order chi connectivity index (χ1) is 12.5. The van der Waals surface area contributed by atoms with Crippen molar-refractivity contribution in [1.82, 2.24) is 15.5 Å². The van der Waals surface area contributed by atoms with E-state index in [4.69, 9.17) is 0 Å². The molecule has 3 atom stereocenters. The molecule has 0 radical (unpaired) electrons. The average Bonchev–Trinajstić information content (AvgIpc) is 2.61. The Morgan fingerprint density at radius 2 is 2.08 bits per heavy atom. The van der Waals surface area contributed by atoms with Crippen LogP contribution >= 0.6 is 11.8 Å². The molecule has 6 nitrogen and oxygen atoms in total. The van der Waals surface area contributed by atoms with Gasteiger partial charge in [0.15, 0.2) is 0 Å². The second kappa shape index (κ2) is 8.07. The Balaban J connectivity index is 1.63. The molecule has 2 aliphatic rings. The molecular formula is C18H22FN3O3S. The molecule has 0 bridgehead atoms. The summed E-state index contributed by atoms with van der Waals surface area (Å²) in [5.41, 5.74) is 0.794. The van der Waals surface area contributed by atoms with Crippen molar-refractivity contribution in [1.29, 1.82) is 0 Å². The highest BCUT2D eigenvalue weighted by Gasteiger charge is 2.43. The number of hydrogen-bond donors (Lipinski definition) is 2. The Morgan fingerprint density at radius 1 is 1.35 bits per heavy atom. The molecule has 1 aromatic rings. The predicted octanol–water partition coefficient (Wildman–Crippen LogP) is 0.705. The number of fused-ring (bicyclic) bond motifs is 1. The minimum absolute atomic E-state index is 0.0484. The Labute approximate surface area is 155 Å². The molecule has 8 heteroatoms. The monoisotopic (exact) mass is 379 g/mol. The van der Waals surface area contributed by atoms with Crippen LogP contribution in [0.1, 0.15) is 18.4 Å². The van der Waals surface area contributed by atoms with Crippen molar-refractivity contribution in [3.05, 3.63) is 35.6 Å². The number of carbonyl (C=O) groups is 3. The van der Waals surface area contributed by atoms with Gasteiger partial charge in [0.1, 0.15) is 17.9 Å². The van der Waals surface area contributed by atoms with Gasteiger partial charge >= 0.3 is 0 Å². The van der Waals surface area contributed by atoms with Gasteiger partial charge in [0.25, 0.3) is 0 Å². The molecule has 140 valence electrons. The molecule has 3 amide bonds. The Hall–Kier alpha value is -2.09. The molecule has 3 rings (SSSR count). The molecule has 2 fully saturated rings. The van der Waals surface area contributed by atoms with Crippen LogP contribution in [0, 0.1) is 5.82 Å². The van der Waals surface area contributed by atoms with Gasteiger partial charge in [-0.15, -0.1) is 0 Å². The number of benzene rings is 1. The molecule has 2 aliphatic heterocycles. The second-order valence-corrected chi connectivity index (χ2v) is 7.53. The van der Waals surface area contributed by atoms with Gasteiger partial charge < -0.3 is 15.5 Å². The standard InChI is InChI=1S/C18H22FN3O3S/c1-26-10-16(23)20-13-6-7-22-15(9-13)17(24)21-14(18(22)25)8-11-2-4-12(19)5-3-11/h2-5,13-15H,6-10H2,1H3,(H,20,23)(H,21,24). The summed E-state index contributed by atoms with van der Waals surface area (Å²) in [5, 5.41) is 5.72. The molecule has 2 heterocycles. The summed E-state index contributed by atoms with van der Waals surface area (Å²) >= 11 is 1.44. The van der Waals surface area contributed by atoms with Crippen LogP contribution in [0.5, 0.6) is 0 Å².